The monoisotopic (exact) mass is 720 g/mol. The summed E-state index contributed by atoms with van der Waals surface area (Å²) in [6.45, 7) is 4.39. The Morgan fingerprint density at radius 2 is 1.50 bits per heavy atom. The van der Waals surface area contributed by atoms with Gasteiger partial charge in [0.05, 0.1) is 18.0 Å². The zero-order valence-corrected chi connectivity index (χ0v) is 28.7. The highest BCUT2D eigenvalue weighted by Gasteiger charge is 2.26. The van der Waals surface area contributed by atoms with E-state index in [1.54, 1.807) is 0 Å². The smallest absolute Gasteiger partial charge is 0.325 e. The lowest BCUT2D eigenvalue weighted by atomic mass is 9.95. The molecule has 0 aliphatic heterocycles. The van der Waals surface area contributed by atoms with Crippen LogP contribution in [0.5, 0.6) is 5.75 Å². The molecule has 0 unspecified atom stereocenters. The van der Waals surface area contributed by atoms with Gasteiger partial charge < -0.3 is 15.4 Å². The van der Waals surface area contributed by atoms with Crippen LogP contribution in [-0.4, -0.2) is 43.2 Å². The summed E-state index contributed by atoms with van der Waals surface area (Å²) in [6.07, 6.45) is 4.93. The van der Waals surface area contributed by atoms with E-state index in [-0.39, 0.29) is 34.6 Å². The molecule has 2 heterocycles. The maximum absolute atomic E-state index is 13.7. The summed E-state index contributed by atoms with van der Waals surface area (Å²) in [6, 6.07) is 16.1. The van der Waals surface area contributed by atoms with Crippen molar-refractivity contribution in [3.63, 3.8) is 0 Å². The van der Waals surface area contributed by atoms with Crippen molar-refractivity contribution in [1.82, 2.24) is 18.7 Å². The quantitative estimate of drug-likeness (QED) is 0.104. The first-order valence-electron chi connectivity index (χ1n) is 15.7. The first-order chi connectivity index (χ1) is 24.1. The topological polar surface area (TPSA) is 160 Å². The van der Waals surface area contributed by atoms with Gasteiger partial charge >= 0.3 is 12.1 Å². The molecular weight excluding hydrogens is 687 g/mol. The average Bonchev–Trinajstić information content (AvgIpc) is 3.91. The second kappa shape index (κ2) is 17.3. The normalized spacial score (nSPS) is 12.5. The summed E-state index contributed by atoms with van der Waals surface area (Å²) >= 11 is 2.11. The lowest BCUT2D eigenvalue weighted by molar-refractivity contribution is 0.0923. The summed E-state index contributed by atoms with van der Waals surface area (Å²) in [5.74, 6) is -0.0772. The fraction of sp³-hybridized carbons (Fsp3) is 0.265. The summed E-state index contributed by atoms with van der Waals surface area (Å²) in [7, 11) is 0. The number of nitrogens with one attached hydrogen (secondary N) is 4. The summed E-state index contributed by atoms with van der Waals surface area (Å²) in [5.41, 5.74) is 1.72. The maximum Gasteiger partial charge on any atom is 0.325 e. The van der Waals surface area contributed by atoms with Gasteiger partial charge in [-0.15, -0.1) is 0 Å². The van der Waals surface area contributed by atoms with Crippen LogP contribution in [0.15, 0.2) is 73.1 Å². The molecule has 5 aromatic rings. The first-order valence-corrected chi connectivity index (χ1v) is 17.3. The third-order valence-electron chi connectivity index (χ3n) is 7.25. The van der Waals surface area contributed by atoms with E-state index in [1.165, 1.54) is 42.7 Å². The number of benzene rings is 3. The Balaban J connectivity index is 0.000000205. The first kappa shape index (κ1) is 35.9. The average molecular weight is 721 g/mol. The van der Waals surface area contributed by atoms with Gasteiger partial charge in [0.1, 0.15) is 23.7 Å². The van der Waals surface area contributed by atoms with Gasteiger partial charge in [0.25, 0.3) is 0 Å². The van der Waals surface area contributed by atoms with Gasteiger partial charge in [-0.25, -0.2) is 23.4 Å². The van der Waals surface area contributed by atoms with E-state index >= 15 is 0 Å². The summed E-state index contributed by atoms with van der Waals surface area (Å²) < 4.78 is 40.6. The highest BCUT2D eigenvalue weighted by molar-refractivity contribution is 7.10. The lowest BCUT2D eigenvalue weighted by Crippen LogP contribution is -2.22. The van der Waals surface area contributed by atoms with E-state index in [0.717, 1.165) is 54.3 Å². The molecule has 0 radical (unpaired) electrons. The molecule has 0 atom stereocenters. The molecule has 0 saturated heterocycles. The number of carbonyl (C=O) groups is 3. The number of amides is 4. The van der Waals surface area contributed by atoms with Gasteiger partial charge in [0.15, 0.2) is 11.6 Å². The van der Waals surface area contributed by atoms with Crippen LogP contribution in [0, 0.1) is 23.5 Å². The molecule has 12 nitrogen and oxygen atoms in total. The third-order valence-corrected chi connectivity index (χ3v) is 8.46. The van der Waals surface area contributed by atoms with Crippen molar-refractivity contribution >= 4 is 62.5 Å². The second-order valence-corrected chi connectivity index (χ2v) is 13.1. The van der Waals surface area contributed by atoms with Crippen LogP contribution in [0.25, 0.3) is 11.4 Å². The number of halogens is 2. The number of rotatable bonds is 10. The van der Waals surface area contributed by atoms with Crippen molar-refractivity contribution in [1.29, 1.82) is 0 Å². The minimum Gasteiger partial charge on any atom is -0.491 e. The van der Waals surface area contributed by atoms with Gasteiger partial charge in [-0.05, 0) is 49.1 Å². The van der Waals surface area contributed by atoms with E-state index in [0.29, 0.717) is 28.4 Å². The lowest BCUT2D eigenvalue weighted by Gasteiger charge is -2.14. The Labute approximate surface area is 295 Å². The zero-order chi connectivity index (χ0) is 35.5. The van der Waals surface area contributed by atoms with Crippen LogP contribution >= 0.6 is 23.1 Å². The Morgan fingerprint density at radius 3 is 2.18 bits per heavy atom. The Hall–Kier alpha value is -5.35. The molecule has 1 saturated carbocycles. The van der Waals surface area contributed by atoms with Gasteiger partial charge in [0, 0.05) is 46.2 Å². The molecule has 1 aliphatic carbocycles. The SMILES string of the molecule is CC(C)COc1cc(F)ccc1NC(=O)Nc1ncns1.O=C(Nc1nc(-c2ccccc2)ns1)Nc1ccc(F)cc1C(=O)C1CCCC1. The minimum atomic E-state index is -0.562. The molecule has 0 bridgehead atoms. The van der Waals surface area contributed by atoms with Crippen molar-refractivity contribution in [2.75, 3.05) is 27.9 Å². The molecule has 4 N–H and O–H groups in total. The largest absolute Gasteiger partial charge is 0.491 e. The molecule has 3 aromatic carbocycles. The summed E-state index contributed by atoms with van der Waals surface area (Å²) in [5, 5.41) is 11.1. The molecule has 2 aromatic heterocycles. The van der Waals surface area contributed by atoms with E-state index < -0.39 is 23.7 Å². The highest BCUT2D eigenvalue weighted by atomic mass is 32.1. The van der Waals surface area contributed by atoms with Gasteiger partial charge in [-0.1, -0.05) is 57.0 Å². The highest BCUT2D eigenvalue weighted by Crippen LogP contribution is 2.31. The van der Waals surface area contributed by atoms with Crippen molar-refractivity contribution in [2.45, 2.75) is 39.5 Å². The summed E-state index contributed by atoms with van der Waals surface area (Å²) in [4.78, 5) is 45.1. The molecule has 0 spiro atoms. The van der Waals surface area contributed by atoms with E-state index in [2.05, 4.69) is 40.0 Å². The van der Waals surface area contributed by atoms with Crippen LogP contribution < -0.4 is 26.0 Å². The number of nitrogens with zero attached hydrogens (tertiary/aromatic N) is 4. The molecule has 4 amide bonds. The zero-order valence-electron chi connectivity index (χ0n) is 27.1. The van der Waals surface area contributed by atoms with E-state index in [4.69, 9.17) is 4.74 Å². The molecule has 1 aliphatic rings. The Bertz CT molecular complexity index is 1900. The van der Waals surface area contributed by atoms with Gasteiger partial charge in [0.2, 0.25) is 10.3 Å². The fourth-order valence-corrected chi connectivity index (χ4v) is 5.93. The van der Waals surface area contributed by atoms with E-state index in [1.807, 2.05) is 44.2 Å². The van der Waals surface area contributed by atoms with Crippen LogP contribution in [0.4, 0.5) is 40.0 Å². The minimum absolute atomic E-state index is 0.114. The molecule has 1 fully saturated rings. The van der Waals surface area contributed by atoms with Gasteiger partial charge in [-0.2, -0.15) is 13.7 Å². The number of aromatic nitrogens is 4. The fourth-order valence-electron chi connectivity index (χ4n) is 4.92. The number of Topliss-reactive ketones (excluding diaryl/α,β-unsaturated/α-hetero) is 1. The number of hydrogen-bond acceptors (Lipinski definition) is 10. The van der Waals surface area contributed by atoms with Crippen LogP contribution in [0.3, 0.4) is 0 Å². The molecular formula is C34H34F2N8O4S2. The standard InChI is InChI=1S/C21H19FN4O2S.C13H15FN4O2S/c22-15-10-11-17(16(12-15)18(27)13-6-4-5-7-13)23-20(28)25-21-24-19(26-29-21)14-8-2-1-3-9-14;1-8(2)6-20-11-5-9(14)3-4-10(11)17-12(19)18-13-15-7-16-21-13/h1-3,8-13H,4-7H2,(H2,23,24,25,26,28);3-5,7-8H,6H2,1-2H3,(H2,15,16,17,18,19). The predicted molar refractivity (Wildman–Crippen MR) is 190 cm³/mol. The Morgan fingerprint density at radius 1 is 0.840 bits per heavy atom. The van der Waals surface area contributed by atoms with Gasteiger partial charge in [-0.3, -0.25) is 15.4 Å². The number of urea groups is 2. The Kier molecular flexibility index (Phi) is 12.5. The van der Waals surface area contributed by atoms with Crippen molar-refractivity contribution in [2.24, 2.45) is 11.8 Å². The van der Waals surface area contributed by atoms with Crippen molar-refractivity contribution in [3.8, 4) is 17.1 Å². The van der Waals surface area contributed by atoms with Crippen LogP contribution in [-0.2, 0) is 0 Å². The van der Waals surface area contributed by atoms with Crippen molar-refractivity contribution < 1.29 is 27.9 Å². The van der Waals surface area contributed by atoms with Crippen molar-refractivity contribution in [3.05, 3.63) is 90.3 Å². The maximum atomic E-state index is 13.7. The number of ketones is 1. The molecule has 6 rings (SSSR count). The predicted octanol–water partition coefficient (Wildman–Crippen LogP) is 8.72. The molecule has 16 heteroatoms. The molecule has 260 valence electrons. The van der Waals surface area contributed by atoms with Crippen LogP contribution in [0.2, 0.25) is 0 Å². The number of hydrogen-bond donors (Lipinski definition) is 4. The number of carbonyl (C=O) groups excluding carboxylic acids is 3. The second-order valence-electron chi connectivity index (χ2n) is 11.6. The van der Waals surface area contributed by atoms with E-state index in [9.17, 15) is 23.2 Å². The third kappa shape index (κ3) is 10.3. The number of ether oxygens (including phenoxy) is 1. The molecule has 50 heavy (non-hydrogen) atoms. The number of anilines is 4. The van der Waals surface area contributed by atoms with Crippen LogP contribution in [0.1, 0.15) is 49.9 Å².